The number of aromatic nitrogens is 3. The number of imidazole rings is 1. The van der Waals surface area contributed by atoms with Crippen molar-refractivity contribution >= 4 is 34.6 Å². The van der Waals surface area contributed by atoms with Crippen molar-refractivity contribution in [2.75, 3.05) is 6.54 Å². The van der Waals surface area contributed by atoms with E-state index < -0.39 is 47.9 Å². The number of nitrogens with two attached hydrogens (primary N) is 1. The van der Waals surface area contributed by atoms with Gasteiger partial charge in [-0.25, -0.2) is 9.78 Å². The second-order valence-electron chi connectivity index (χ2n) is 9.28. The van der Waals surface area contributed by atoms with Gasteiger partial charge in [-0.15, -0.1) is 0 Å². The predicted molar refractivity (Wildman–Crippen MR) is 134 cm³/mol. The summed E-state index contributed by atoms with van der Waals surface area (Å²) in [6.45, 7) is 1.84. The zero-order valence-corrected chi connectivity index (χ0v) is 20.4. The van der Waals surface area contributed by atoms with E-state index in [1.807, 2.05) is 24.3 Å². The van der Waals surface area contributed by atoms with Crippen molar-refractivity contribution in [2.45, 2.75) is 56.8 Å². The lowest BCUT2D eigenvalue weighted by atomic mass is 10.0. The van der Waals surface area contributed by atoms with Crippen LogP contribution in [0.15, 0.2) is 43.0 Å². The minimum Gasteiger partial charge on any atom is -0.480 e. The molecule has 0 spiro atoms. The van der Waals surface area contributed by atoms with Crippen LogP contribution in [0.5, 0.6) is 0 Å². The molecule has 1 aliphatic rings. The Morgan fingerprint density at radius 1 is 1.16 bits per heavy atom. The highest BCUT2D eigenvalue weighted by Gasteiger charge is 2.39. The Balaban J connectivity index is 1.52. The molecule has 12 nitrogen and oxygen atoms in total. The third-order valence-corrected chi connectivity index (χ3v) is 6.56. The van der Waals surface area contributed by atoms with Crippen LogP contribution in [-0.2, 0) is 32.0 Å². The minimum absolute atomic E-state index is 0.0232. The van der Waals surface area contributed by atoms with E-state index in [2.05, 4.69) is 25.6 Å². The van der Waals surface area contributed by atoms with Crippen LogP contribution in [0.1, 0.15) is 31.0 Å². The van der Waals surface area contributed by atoms with Gasteiger partial charge in [0, 0.05) is 48.4 Å². The van der Waals surface area contributed by atoms with Gasteiger partial charge in [0.05, 0.1) is 12.4 Å². The van der Waals surface area contributed by atoms with Crippen molar-refractivity contribution in [3.63, 3.8) is 0 Å². The molecule has 3 heterocycles. The van der Waals surface area contributed by atoms with E-state index >= 15 is 0 Å². The third-order valence-electron chi connectivity index (χ3n) is 6.56. The van der Waals surface area contributed by atoms with E-state index in [0.29, 0.717) is 25.1 Å². The van der Waals surface area contributed by atoms with Crippen molar-refractivity contribution < 1.29 is 24.3 Å². The number of carbonyl (C=O) groups is 4. The quantitative estimate of drug-likeness (QED) is 0.223. The summed E-state index contributed by atoms with van der Waals surface area (Å²) < 4.78 is 0. The summed E-state index contributed by atoms with van der Waals surface area (Å²) in [5.41, 5.74) is 8.04. The van der Waals surface area contributed by atoms with Gasteiger partial charge in [-0.1, -0.05) is 18.2 Å². The van der Waals surface area contributed by atoms with E-state index in [-0.39, 0.29) is 12.8 Å². The second-order valence-corrected chi connectivity index (χ2v) is 9.28. The largest absolute Gasteiger partial charge is 0.480 e. The van der Waals surface area contributed by atoms with Crippen molar-refractivity contribution in [1.82, 2.24) is 30.5 Å². The lowest BCUT2D eigenvalue weighted by Gasteiger charge is -2.29. The zero-order valence-electron chi connectivity index (χ0n) is 20.4. The summed E-state index contributed by atoms with van der Waals surface area (Å²) in [4.78, 5) is 62.4. The first kappa shape index (κ1) is 25.9. The fraction of sp³-hybridized carbons (Fsp3) is 0.400. The number of amides is 3. The highest BCUT2D eigenvalue weighted by Crippen LogP contribution is 2.23. The molecule has 0 bridgehead atoms. The van der Waals surface area contributed by atoms with Crippen LogP contribution in [0.3, 0.4) is 0 Å². The van der Waals surface area contributed by atoms with Gasteiger partial charge in [0.2, 0.25) is 17.7 Å². The van der Waals surface area contributed by atoms with Crippen LogP contribution in [0.4, 0.5) is 0 Å². The molecule has 4 atom stereocenters. The molecule has 196 valence electrons. The first-order valence-electron chi connectivity index (χ1n) is 12.2. The number of aliphatic carboxylic acids is 1. The van der Waals surface area contributed by atoms with Crippen LogP contribution >= 0.6 is 0 Å². The number of likely N-dealkylation sites (tertiary alicyclic amines) is 1. The van der Waals surface area contributed by atoms with Gasteiger partial charge in [0.15, 0.2) is 0 Å². The Bertz CT molecular complexity index is 1270. The highest BCUT2D eigenvalue weighted by atomic mass is 16.4. The van der Waals surface area contributed by atoms with Gasteiger partial charge in [-0.05, 0) is 31.4 Å². The number of hydrogen-bond donors (Lipinski definition) is 6. The van der Waals surface area contributed by atoms with Crippen molar-refractivity contribution in [3.8, 4) is 0 Å². The van der Waals surface area contributed by atoms with E-state index in [4.69, 9.17) is 5.73 Å². The van der Waals surface area contributed by atoms with Gasteiger partial charge < -0.3 is 36.3 Å². The Hall–Kier alpha value is -4.19. The molecule has 3 amide bonds. The first-order valence-corrected chi connectivity index (χ1v) is 12.2. The molecule has 2 aromatic heterocycles. The van der Waals surface area contributed by atoms with Crippen molar-refractivity contribution in [1.29, 1.82) is 0 Å². The Kier molecular flexibility index (Phi) is 7.87. The number of nitrogens with one attached hydrogen (secondary N) is 4. The van der Waals surface area contributed by atoms with E-state index in [0.717, 1.165) is 16.5 Å². The van der Waals surface area contributed by atoms with Gasteiger partial charge in [-0.3, -0.25) is 14.4 Å². The van der Waals surface area contributed by atoms with Crippen LogP contribution in [-0.4, -0.2) is 79.4 Å². The summed E-state index contributed by atoms with van der Waals surface area (Å²) in [5, 5.41) is 15.8. The van der Waals surface area contributed by atoms with Crippen molar-refractivity contribution in [2.24, 2.45) is 5.73 Å². The number of fused-ring (bicyclic) bond motifs is 1. The summed E-state index contributed by atoms with van der Waals surface area (Å²) >= 11 is 0. The summed E-state index contributed by atoms with van der Waals surface area (Å²) in [7, 11) is 0. The highest BCUT2D eigenvalue weighted by molar-refractivity contribution is 5.95. The molecule has 4 unspecified atom stereocenters. The topological polar surface area (TPSA) is 186 Å². The number of H-pyrrole nitrogens is 2. The molecule has 1 aromatic carbocycles. The van der Waals surface area contributed by atoms with Crippen molar-refractivity contribution in [3.05, 3.63) is 54.2 Å². The lowest BCUT2D eigenvalue weighted by molar-refractivity contribution is -0.144. The number of rotatable bonds is 10. The third kappa shape index (κ3) is 5.97. The number of hydrogen-bond acceptors (Lipinski definition) is 6. The number of nitrogens with zero attached hydrogens (tertiary/aromatic N) is 2. The van der Waals surface area contributed by atoms with Gasteiger partial charge in [0.25, 0.3) is 0 Å². The normalized spacial score (nSPS) is 17.8. The minimum atomic E-state index is -1.19. The first-order chi connectivity index (χ1) is 17.7. The smallest absolute Gasteiger partial charge is 0.326 e. The molecule has 1 aliphatic heterocycles. The SMILES string of the molecule is CC(N)C(=O)NC(Cc1c[nH]c2ccccc12)C(=O)N1CCCC1C(=O)NC(Cc1cnc[nH]1)C(=O)O. The Morgan fingerprint density at radius 2 is 1.95 bits per heavy atom. The number of para-hydroxylation sites is 1. The van der Waals surface area contributed by atoms with E-state index in [1.54, 1.807) is 6.20 Å². The molecule has 0 aliphatic carbocycles. The summed E-state index contributed by atoms with van der Waals surface area (Å²) in [6, 6.07) is 3.81. The molecule has 0 radical (unpaired) electrons. The van der Waals surface area contributed by atoms with Gasteiger partial charge in [0.1, 0.15) is 18.1 Å². The molecule has 4 rings (SSSR count). The maximum absolute atomic E-state index is 13.7. The molecule has 12 heteroatoms. The number of aromatic amines is 2. The fourth-order valence-electron chi connectivity index (χ4n) is 4.61. The van der Waals surface area contributed by atoms with Crippen LogP contribution < -0.4 is 16.4 Å². The number of carbonyl (C=O) groups excluding carboxylic acids is 3. The maximum atomic E-state index is 13.7. The Labute approximate surface area is 213 Å². The van der Waals surface area contributed by atoms with E-state index in [9.17, 15) is 24.3 Å². The fourth-order valence-corrected chi connectivity index (χ4v) is 4.61. The molecule has 0 saturated carbocycles. The monoisotopic (exact) mass is 509 g/mol. The van der Waals surface area contributed by atoms with Crippen LogP contribution in [0.2, 0.25) is 0 Å². The number of carboxylic acid groups (broad SMARTS) is 1. The molecular formula is C25H31N7O5. The zero-order chi connectivity index (χ0) is 26.5. The standard InChI is InChI=1S/C25H31N7O5/c1-14(26)22(33)30-19(9-15-11-28-18-6-3-2-5-17(15)18)24(35)32-8-4-7-21(32)23(34)31-20(25(36)37)10-16-12-27-13-29-16/h2-3,5-6,11-14,19-21,28H,4,7-10,26H2,1H3,(H,27,29)(H,30,33)(H,31,34)(H,36,37). The van der Waals surface area contributed by atoms with Crippen LogP contribution in [0.25, 0.3) is 10.9 Å². The van der Waals surface area contributed by atoms with Crippen LogP contribution in [0, 0.1) is 0 Å². The number of benzene rings is 1. The van der Waals surface area contributed by atoms with Gasteiger partial charge >= 0.3 is 5.97 Å². The van der Waals surface area contributed by atoms with Gasteiger partial charge in [-0.2, -0.15) is 0 Å². The molecule has 1 fully saturated rings. The average Bonchev–Trinajstić information content (AvgIpc) is 3.64. The predicted octanol–water partition coefficient (Wildman–Crippen LogP) is 0.0686. The molecule has 3 aromatic rings. The molecule has 1 saturated heterocycles. The molecule has 7 N–H and O–H groups in total. The second kappa shape index (κ2) is 11.2. The maximum Gasteiger partial charge on any atom is 0.326 e. The summed E-state index contributed by atoms with van der Waals surface area (Å²) in [5.74, 6) is -2.65. The molecule has 37 heavy (non-hydrogen) atoms. The lowest BCUT2D eigenvalue weighted by Crippen LogP contribution is -2.57. The molecular weight excluding hydrogens is 478 g/mol. The van der Waals surface area contributed by atoms with E-state index in [1.165, 1.54) is 24.3 Å². The average molecular weight is 510 g/mol. The number of carboxylic acids is 1. The Morgan fingerprint density at radius 3 is 2.65 bits per heavy atom. The summed E-state index contributed by atoms with van der Waals surface area (Å²) in [6.07, 6.45) is 5.89.